The zero-order chi connectivity index (χ0) is 18.7. The lowest BCUT2D eigenvalue weighted by Crippen LogP contribution is -2.40. The molecule has 2 aromatic carbocycles. The summed E-state index contributed by atoms with van der Waals surface area (Å²) in [6.07, 6.45) is -1.02. The van der Waals surface area contributed by atoms with E-state index in [2.05, 4.69) is 5.32 Å². The summed E-state index contributed by atoms with van der Waals surface area (Å²) in [5.74, 6) is 0.537. The number of aliphatic hydroxyl groups excluding tert-OH is 1. The van der Waals surface area contributed by atoms with E-state index < -0.39 is 12.0 Å². The van der Waals surface area contributed by atoms with Crippen molar-refractivity contribution in [2.45, 2.75) is 19.1 Å². The molecule has 2 atom stereocenters. The fourth-order valence-electron chi connectivity index (χ4n) is 2.83. The van der Waals surface area contributed by atoms with Crippen LogP contribution in [-0.4, -0.2) is 41.9 Å². The summed E-state index contributed by atoms with van der Waals surface area (Å²) in [5.41, 5.74) is 6.69. The number of nitrogens with one attached hydrogen (secondary N) is 1. The fourth-order valence-corrected chi connectivity index (χ4v) is 2.83. The Morgan fingerprint density at radius 2 is 2.19 bits per heavy atom. The van der Waals surface area contributed by atoms with Gasteiger partial charge in [0.1, 0.15) is 18.5 Å². The number of rotatable bonds is 6. The van der Waals surface area contributed by atoms with E-state index >= 15 is 0 Å². The Morgan fingerprint density at radius 3 is 2.96 bits per heavy atom. The second-order valence-corrected chi connectivity index (χ2v) is 6.27. The van der Waals surface area contributed by atoms with Crippen molar-refractivity contribution in [1.82, 2.24) is 5.32 Å². The van der Waals surface area contributed by atoms with Crippen LogP contribution in [0.2, 0.25) is 0 Å². The number of aliphatic hydroxyl groups is 1. The second kappa shape index (κ2) is 7.63. The number of hydrogen-bond acceptors (Lipinski definition) is 6. The number of aromatic hydroxyl groups is 1. The van der Waals surface area contributed by atoms with Gasteiger partial charge >= 0.3 is 0 Å². The minimum Gasteiger partial charge on any atom is -0.507 e. The van der Waals surface area contributed by atoms with Crippen LogP contribution in [0.4, 0.5) is 0 Å². The first-order chi connectivity index (χ1) is 12.5. The molecule has 0 radical (unpaired) electrons. The van der Waals surface area contributed by atoms with Crippen molar-refractivity contribution in [3.63, 3.8) is 0 Å². The first-order valence-corrected chi connectivity index (χ1v) is 8.36. The van der Waals surface area contributed by atoms with Crippen molar-refractivity contribution >= 4 is 5.91 Å². The summed E-state index contributed by atoms with van der Waals surface area (Å²) in [4.78, 5) is 11.3. The largest absolute Gasteiger partial charge is 0.507 e. The Labute approximate surface area is 151 Å². The molecule has 7 heteroatoms. The van der Waals surface area contributed by atoms with Gasteiger partial charge in [0, 0.05) is 13.1 Å². The molecule has 0 saturated heterocycles. The van der Waals surface area contributed by atoms with Crippen molar-refractivity contribution in [3.05, 3.63) is 53.1 Å². The first kappa shape index (κ1) is 18.0. The zero-order valence-electron chi connectivity index (χ0n) is 14.4. The van der Waals surface area contributed by atoms with Gasteiger partial charge < -0.3 is 30.7 Å². The summed E-state index contributed by atoms with van der Waals surface area (Å²) in [7, 11) is 0. The minimum absolute atomic E-state index is 0.0161. The Balaban J connectivity index is 1.55. The average molecular weight is 358 g/mol. The van der Waals surface area contributed by atoms with Gasteiger partial charge in [0.2, 0.25) is 0 Å². The van der Waals surface area contributed by atoms with Gasteiger partial charge in [-0.15, -0.1) is 0 Å². The van der Waals surface area contributed by atoms with Gasteiger partial charge in [0.25, 0.3) is 5.91 Å². The van der Waals surface area contributed by atoms with E-state index in [0.717, 1.165) is 17.1 Å². The van der Waals surface area contributed by atoms with E-state index in [0.29, 0.717) is 18.7 Å². The maximum absolute atomic E-state index is 11.3. The summed E-state index contributed by atoms with van der Waals surface area (Å²) < 4.78 is 11.7. The van der Waals surface area contributed by atoms with Crippen LogP contribution >= 0.6 is 0 Å². The molecule has 2 aromatic rings. The molecule has 26 heavy (non-hydrogen) atoms. The molecule has 7 nitrogen and oxygen atoms in total. The van der Waals surface area contributed by atoms with Gasteiger partial charge in [-0.1, -0.05) is 18.2 Å². The molecule has 1 amide bonds. The smallest absolute Gasteiger partial charge is 0.252 e. The maximum atomic E-state index is 11.3. The van der Waals surface area contributed by atoms with Crippen molar-refractivity contribution in [2.24, 2.45) is 5.73 Å². The first-order valence-electron chi connectivity index (χ1n) is 8.36. The van der Waals surface area contributed by atoms with E-state index in [9.17, 15) is 15.0 Å². The second-order valence-electron chi connectivity index (χ2n) is 6.27. The lowest BCUT2D eigenvalue weighted by atomic mass is 10.0. The highest BCUT2D eigenvalue weighted by Gasteiger charge is 2.22. The number of carbonyl (C=O) groups is 1. The van der Waals surface area contributed by atoms with E-state index in [-0.39, 0.29) is 24.0 Å². The van der Waals surface area contributed by atoms with Gasteiger partial charge in [0.05, 0.1) is 11.7 Å². The number of fused-ring (bicyclic) bond motifs is 1. The summed E-state index contributed by atoms with van der Waals surface area (Å²) >= 11 is 0. The van der Waals surface area contributed by atoms with Crippen LogP contribution in [-0.2, 0) is 0 Å². The van der Waals surface area contributed by atoms with Crippen molar-refractivity contribution < 1.29 is 24.5 Å². The molecular formula is C19H22N2O5. The SMILES string of the molecule is Cc1cccc2c1OC(CNCC(O)c1ccc(O)c(C(N)=O)c1)CO2. The number of para-hydroxylation sites is 1. The number of ether oxygens (including phenoxy) is 2. The monoisotopic (exact) mass is 358 g/mol. The summed E-state index contributed by atoms with van der Waals surface area (Å²) in [5, 5.41) is 23.0. The standard InChI is InChI=1S/C19H22N2O5/c1-11-3-2-4-17-18(11)26-13(10-25-17)8-21-9-16(23)12-5-6-15(22)14(7-12)19(20)24/h2-7,13,16,21-23H,8-10H2,1H3,(H2,20,24). The highest BCUT2D eigenvalue weighted by Crippen LogP contribution is 2.34. The van der Waals surface area contributed by atoms with Crippen LogP contribution in [0.15, 0.2) is 36.4 Å². The zero-order valence-corrected chi connectivity index (χ0v) is 14.4. The number of primary amides is 1. The van der Waals surface area contributed by atoms with Crippen molar-refractivity contribution in [2.75, 3.05) is 19.7 Å². The molecule has 0 spiro atoms. The fraction of sp³-hybridized carbons (Fsp3) is 0.316. The average Bonchev–Trinajstić information content (AvgIpc) is 2.62. The van der Waals surface area contributed by atoms with Crippen LogP contribution in [0.5, 0.6) is 17.2 Å². The minimum atomic E-state index is -0.854. The Kier molecular flexibility index (Phi) is 5.29. The predicted octanol–water partition coefficient (Wildman–Crippen LogP) is 1.26. The number of amides is 1. The van der Waals surface area contributed by atoms with Crippen LogP contribution in [0.1, 0.15) is 27.6 Å². The number of carbonyl (C=O) groups excluding carboxylic acids is 1. The number of benzene rings is 2. The molecule has 1 heterocycles. The third-order valence-electron chi connectivity index (χ3n) is 4.27. The molecule has 0 fully saturated rings. The topological polar surface area (TPSA) is 114 Å². The molecule has 138 valence electrons. The number of aryl methyl sites for hydroxylation is 1. The summed E-state index contributed by atoms with van der Waals surface area (Å²) in [6.45, 7) is 3.13. The van der Waals surface area contributed by atoms with E-state index in [1.54, 1.807) is 6.07 Å². The number of nitrogens with two attached hydrogens (primary N) is 1. The Bertz CT molecular complexity index is 809. The van der Waals surface area contributed by atoms with Gasteiger partial charge in [0.15, 0.2) is 11.5 Å². The molecular weight excluding hydrogens is 336 g/mol. The van der Waals surface area contributed by atoms with Crippen LogP contribution in [0.3, 0.4) is 0 Å². The van der Waals surface area contributed by atoms with Gasteiger partial charge in [-0.3, -0.25) is 4.79 Å². The van der Waals surface area contributed by atoms with E-state index in [4.69, 9.17) is 15.2 Å². The highest BCUT2D eigenvalue weighted by molar-refractivity contribution is 5.95. The van der Waals surface area contributed by atoms with E-state index in [1.807, 2.05) is 25.1 Å². The summed E-state index contributed by atoms with van der Waals surface area (Å²) in [6, 6.07) is 10.0. The lowest BCUT2D eigenvalue weighted by molar-refractivity contribution is 0.0850. The molecule has 1 aliphatic rings. The van der Waals surface area contributed by atoms with Crippen molar-refractivity contribution in [1.29, 1.82) is 0 Å². The molecule has 0 bridgehead atoms. The van der Waals surface area contributed by atoms with Crippen LogP contribution < -0.4 is 20.5 Å². The Morgan fingerprint density at radius 1 is 1.38 bits per heavy atom. The van der Waals surface area contributed by atoms with Crippen molar-refractivity contribution in [3.8, 4) is 17.2 Å². The molecule has 1 aliphatic heterocycles. The predicted molar refractivity (Wildman–Crippen MR) is 95.5 cm³/mol. The third-order valence-corrected chi connectivity index (χ3v) is 4.27. The van der Waals surface area contributed by atoms with E-state index in [1.165, 1.54) is 12.1 Å². The highest BCUT2D eigenvalue weighted by atomic mass is 16.6. The maximum Gasteiger partial charge on any atom is 0.252 e. The molecule has 5 N–H and O–H groups in total. The molecule has 0 aliphatic carbocycles. The van der Waals surface area contributed by atoms with Gasteiger partial charge in [-0.05, 0) is 36.2 Å². The quantitative estimate of drug-likeness (QED) is 0.618. The van der Waals surface area contributed by atoms with Gasteiger partial charge in [-0.2, -0.15) is 0 Å². The lowest BCUT2D eigenvalue weighted by Gasteiger charge is -2.28. The Hall–Kier alpha value is -2.77. The normalized spacial score (nSPS) is 16.9. The number of phenols is 1. The molecule has 0 aromatic heterocycles. The molecule has 3 rings (SSSR count). The van der Waals surface area contributed by atoms with Gasteiger partial charge in [-0.25, -0.2) is 0 Å². The molecule has 2 unspecified atom stereocenters. The number of hydrogen-bond donors (Lipinski definition) is 4. The van der Waals surface area contributed by atoms with Crippen LogP contribution in [0.25, 0.3) is 0 Å². The third kappa shape index (κ3) is 3.89. The molecule has 0 saturated carbocycles. The van der Waals surface area contributed by atoms with Crippen LogP contribution in [0, 0.1) is 6.92 Å².